The SMILES string of the molecule is COc1ccc(NS(=O)(=O)c2cc(NC(=O)CCC3CCCC3)ccc2N2CCOCC2)cc1. The van der Waals surface area contributed by atoms with Crippen LogP contribution >= 0.6 is 0 Å². The molecule has 34 heavy (non-hydrogen) atoms. The van der Waals surface area contributed by atoms with E-state index >= 15 is 0 Å². The van der Waals surface area contributed by atoms with Crippen LogP contribution in [0.15, 0.2) is 47.4 Å². The topological polar surface area (TPSA) is 97.0 Å². The summed E-state index contributed by atoms with van der Waals surface area (Å²) in [6.45, 7) is 2.26. The number of amides is 1. The van der Waals surface area contributed by atoms with Crippen LogP contribution in [-0.4, -0.2) is 47.7 Å². The zero-order valence-electron chi connectivity index (χ0n) is 19.6. The van der Waals surface area contributed by atoms with Crippen molar-refractivity contribution >= 4 is 33.0 Å². The Kier molecular flexibility index (Phi) is 7.95. The molecule has 4 rings (SSSR count). The van der Waals surface area contributed by atoms with Gasteiger partial charge in [-0.25, -0.2) is 8.42 Å². The quantitative estimate of drug-likeness (QED) is 0.549. The van der Waals surface area contributed by atoms with Gasteiger partial charge in [0.15, 0.2) is 0 Å². The van der Waals surface area contributed by atoms with Crippen molar-refractivity contribution in [2.24, 2.45) is 5.92 Å². The van der Waals surface area contributed by atoms with E-state index in [4.69, 9.17) is 9.47 Å². The van der Waals surface area contributed by atoms with Gasteiger partial charge in [-0.3, -0.25) is 9.52 Å². The first-order valence-electron chi connectivity index (χ1n) is 11.9. The van der Waals surface area contributed by atoms with E-state index in [1.54, 1.807) is 49.6 Å². The molecule has 2 N–H and O–H groups in total. The zero-order valence-corrected chi connectivity index (χ0v) is 20.4. The minimum absolute atomic E-state index is 0.0857. The standard InChI is InChI=1S/C25H33N3O5S/c1-32-22-10-7-20(8-11-22)27-34(30,31)24-18-21(9-12-23(24)28-14-16-33-17-15-28)26-25(29)13-6-19-4-2-3-5-19/h7-12,18-19,27H,2-6,13-17H2,1H3,(H,26,29). The molecule has 0 spiro atoms. The lowest BCUT2D eigenvalue weighted by atomic mass is 10.0. The number of hydrogen-bond donors (Lipinski definition) is 2. The number of ether oxygens (including phenoxy) is 2. The van der Waals surface area contributed by atoms with Gasteiger partial charge < -0.3 is 19.7 Å². The molecule has 1 amide bonds. The molecule has 9 heteroatoms. The Balaban J connectivity index is 1.55. The third-order valence-corrected chi connectivity index (χ3v) is 7.89. The van der Waals surface area contributed by atoms with Crippen LogP contribution in [0, 0.1) is 5.92 Å². The van der Waals surface area contributed by atoms with E-state index < -0.39 is 10.0 Å². The van der Waals surface area contributed by atoms with Crippen molar-refractivity contribution in [1.82, 2.24) is 0 Å². The molecule has 2 aliphatic rings. The van der Waals surface area contributed by atoms with Crippen molar-refractivity contribution in [2.45, 2.75) is 43.4 Å². The summed E-state index contributed by atoms with van der Waals surface area (Å²) in [6, 6.07) is 11.8. The van der Waals surface area contributed by atoms with Gasteiger partial charge in [0.2, 0.25) is 5.91 Å². The lowest BCUT2D eigenvalue weighted by Gasteiger charge is -2.30. The minimum atomic E-state index is -3.92. The maximum Gasteiger partial charge on any atom is 0.264 e. The molecule has 8 nitrogen and oxygen atoms in total. The number of benzene rings is 2. The maximum atomic E-state index is 13.4. The molecule has 2 aromatic carbocycles. The fraction of sp³-hybridized carbons (Fsp3) is 0.480. The average molecular weight is 488 g/mol. The predicted molar refractivity (Wildman–Crippen MR) is 133 cm³/mol. The van der Waals surface area contributed by atoms with E-state index in [1.165, 1.54) is 25.7 Å². The first kappa shape index (κ1) is 24.3. The second kappa shape index (κ2) is 11.1. The fourth-order valence-corrected chi connectivity index (χ4v) is 5.91. The molecule has 184 valence electrons. The summed E-state index contributed by atoms with van der Waals surface area (Å²) in [5.41, 5.74) is 1.50. The van der Waals surface area contributed by atoms with E-state index in [2.05, 4.69) is 10.0 Å². The molecule has 0 radical (unpaired) electrons. The van der Waals surface area contributed by atoms with Crippen LogP contribution in [0.3, 0.4) is 0 Å². The van der Waals surface area contributed by atoms with Gasteiger partial charge in [0.05, 0.1) is 26.0 Å². The predicted octanol–water partition coefficient (Wildman–Crippen LogP) is 4.24. The summed E-state index contributed by atoms with van der Waals surface area (Å²) >= 11 is 0. The molecule has 0 bridgehead atoms. The lowest BCUT2D eigenvalue weighted by molar-refractivity contribution is -0.116. The number of carbonyl (C=O) groups excluding carboxylic acids is 1. The Morgan fingerprint density at radius 3 is 2.41 bits per heavy atom. The molecule has 2 fully saturated rings. The zero-order chi connectivity index (χ0) is 24.0. The monoisotopic (exact) mass is 487 g/mol. The first-order valence-corrected chi connectivity index (χ1v) is 13.4. The van der Waals surface area contributed by atoms with Crippen molar-refractivity contribution in [3.05, 3.63) is 42.5 Å². The van der Waals surface area contributed by atoms with Crippen LogP contribution in [-0.2, 0) is 19.6 Å². The smallest absolute Gasteiger partial charge is 0.264 e. The van der Waals surface area contributed by atoms with E-state index in [-0.39, 0.29) is 10.8 Å². The Labute approximate surface area is 201 Å². The van der Waals surface area contributed by atoms with Crippen LogP contribution in [0.25, 0.3) is 0 Å². The molecular weight excluding hydrogens is 454 g/mol. The van der Waals surface area contributed by atoms with Gasteiger partial charge in [-0.2, -0.15) is 0 Å². The molecule has 0 aromatic heterocycles. The number of anilines is 3. The van der Waals surface area contributed by atoms with Gasteiger partial charge in [0.1, 0.15) is 10.6 Å². The second-order valence-corrected chi connectivity index (χ2v) is 10.5. The van der Waals surface area contributed by atoms with E-state index in [0.717, 1.165) is 6.42 Å². The molecular formula is C25H33N3O5S. The highest BCUT2D eigenvalue weighted by atomic mass is 32.2. The van der Waals surface area contributed by atoms with E-state index in [0.29, 0.717) is 61.5 Å². The fourth-order valence-electron chi connectivity index (χ4n) is 4.60. The van der Waals surface area contributed by atoms with Crippen LogP contribution in [0.1, 0.15) is 38.5 Å². The molecule has 1 saturated heterocycles. The van der Waals surface area contributed by atoms with Crippen LogP contribution in [0.4, 0.5) is 17.1 Å². The molecule has 1 heterocycles. The summed E-state index contributed by atoms with van der Waals surface area (Å²) in [6.07, 6.45) is 6.21. The maximum absolute atomic E-state index is 13.4. The van der Waals surface area contributed by atoms with Crippen molar-refractivity contribution in [3.8, 4) is 5.75 Å². The van der Waals surface area contributed by atoms with Crippen molar-refractivity contribution in [3.63, 3.8) is 0 Å². The Morgan fingerprint density at radius 1 is 1.06 bits per heavy atom. The lowest BCUT2D eigenvalue weighted by Crippen LogP contribution is -2.37. The van der Waals surface area contributed by atoms with Crippen LogP contribution in [0.5, 0.6) is 5.75 Å². The number of methoxy groups -OCH3 is 1. The number of hydrogen-bond acceptors (Lipinski definition) is 6. The van der Waals surface area contributed by atoms with Crippen molar-refractivity contribution in [1.29, 1.82) is 0 Å². The highest BCUT2D eigenvalue weighted by Gasteiger charge is 2.25. The van der Waals surface area contributed by atoms with Gasteiger partial charge in [-0.05, 0) is 54.8 Å². The van der Waals surface area contributed by atoms with E-state index in [9.17, 15) is 13.2 Å². The third-order valence-electron chi connectivity index (χ3n) is 6.48. The molecule has 2 aromatic rings. The Hall–Kier alpha value is -2.78. The Morgan fingerprint density at radius 2 is 1.74 bits per heavy atom. The molecule has 0 atom stereocenters. The van der Waals surface area contributed by atoms with Gasteiger partial charge >= 0.3 is 0 Å². The number of morpholine rings is 1. The van der Waals surface area contributed by atoms with E-state index in [1.807, 2.05) is 4.90 Å². The number of nitrogens with zero attached hydrogens (tertiary/aromatic N) is 1. The van der Waals surface area contributed by atoms with Crippen molar-refractivity contribution in [2.75, 3.05) is 48.4 Å². The number of nitrogens with one attached hydrogen (secondary N) is 2. The molecule has 1 saturated carbocycles. The highest BCUT2D eigenvalue weighted by molar-refractivity contribution is 7.92. The number of rotatable bonds is 9. The van der Waals surface area contributed by atoms with Crippen LogP contribution in [0.2, 0.25) is 0 Å². The molecule has 1 aliphatic heterocycles. The Bertz CT molecular complexity index is 1080. The third kappa shape index (κ3) is 6.21. The molecule has 0 unspecified atom stereocenters. The summed E-state index contributed by atoms with van der Waals surface area (Å²) in [7, 11) is -2.36. The number of sulfonamides is 1. The second-order valence-electron chi connectivity index (χ2n) is 8.85. The summed E-state index contributed by atoms with van der Waals surface area (Å²) < 4.78 is 40.1. The summed E-state index contributed by atoms with van der Waals surface area (Å²) in [4.78, 5) is 14.7. The van der Waals surface area contributed by atoms with Gasteiger partial charge in [-0.1, -0.05) is 25.7 Å². The largest absolute Gasteiger partial charge is 0.497 e. The van der Waals surface area contributed by atoms with Gasteiger partial charge in [-0.15, -0.1) is 0 Å². The highest BCUT2D eigenvalue weighted by Crippen LogP contribution is 2.32. The summed E-state index contributed by atoms with van der Waals surface area (Å²) in [5, 5.41) is 2.90. The van der Waals surface area contributed by atoms with Crippen LogP contribution < -0.4 is 19.7 Å². The minimum Gasteiger partial charge on any atom is -0.497 e. The van der Waals surface area contributed by atoms with Crippen molar-refractivity contribution < 1.29 is 22.7 Å². The first-order chi connectivity index (χ1) is 16.4. The molecule has 1 aliphatic carbocycles. The van der Waals surface area contributed by atoms with Gasteiger partial charge in [0, 0.05) is 30.9 Å². The van der Waals surface area contributed by atoms with Gasteiger partial charge in [0.25, 0.3) is 10.0 Å². The summed E-state index contributed by atoms with van der Waals surface area (Å²) in [5.74, 6) is 1.18. The average Bonchev–Trinajstić information content (AvgIpc) is 3.37. The normalized spacial score (nSPS) is 16.9. The number of carbonyl (C=O) groups is 1.